The highest BCUT2D eigenvalue weighted by Gasteiger charge is 2.34. The average Bonchev–Trinajstić information content (AvgIpc) is 3.30. The molecule has 1 aromatic carbocycles. The smallest absolute Gasteiger partial charge is 0.274 e. The molecule has 0 bridgehead atoms. The molecule has 0 spiro atoms. The van der Waals surface area contributed by atoms with Gasteiger partial charge in [-0.05, 0) is 42.4 Å². The van der Waals surface area contributed by atoms with Gasteiger partial charge in [-0.25, -0.2) is 7.29 Å². The number of aromatic nitrogens is 2. The number of nitrogens with zero attached hydrogens (tertiary/aromatic N) is 4. The van der Waals surface area contributed by atoms with Crippen LogP contribution in [0.15, 0.2) is 12.1 Å². The Kier molecular flexibility index (Phi) is 6.17. The van der Waals surface area contributed by atoms with E-state index in [4.69, 9.17) is 0 Å². The first-order valence-corrected chi connectivity index (χ1v) is 11.7. The third kappa shape index (κ3) is 3.77. The molecule has 0 N–H and O–H groups in total. The van der Waals surface area contributed by atoms with Gasteiger partial charge in [0, 0.05) is 30.9 Å². The van der Waals surface area contributed by atoms with Gasteiger partial charge in [0.1, 0.15) is 5.82 Å². The van der Waals surface area contributed by atoms with E-state index in [0.717, 1.165) is 36.1 Å². The largest absolute Gasteiger partial charge is 0.337 e. The average molecular weight is 542 g/mol. The lowest BCUT2D eigenvalue weighted by atomic mass is 9.85. The van der Waals surface area contributed by atoms with E-state index < -0.39 is 0 Å². The molecule has 1 atom stereocenters. The number of hydrogen-bond acceptors (Lipinski definition) is 3. The van der Waals surface area contributed by atoms with Crippen LogP contribution >= 0.6 is 32.1 Å². The van der Waals surface area contributed by atoms with Crippen molar-refractivity contribution in [3.63, 3.8) is 0 Å². The van der Waals surface area contributed by atoms with Crippen LogP contribution in [-0.2, 0) is 24.3 Å². The SMILES string of the molecule is CCc1c(C2CCN(C(=O)c3nn(I)c4c3CN(C(C)=O)C4)CC2)ccc(F)c1P. The lowest BCUT2D eigenvalue weighted by Gasteiger charge is -2.33. The molecule has 1 fully saturated rings. The van der Waals surface area contributed by atoms with Crippen molar-refractivity contribution in [3.8, 4) is 0 Å². The Balaban J connectivity index is 1.49. The second-order valence-corrected chi connectivity index (χ2v) is 9.45. The molecular formula is C21H25FIN4O2P. The molecule has 2 aliphatic rings. The third-order valence-electron chi connectivity index (χ3n) is 6.30. The Labute approximate surface area is 191 Å². The second kappa shape index (κ2) is 8.54. The molecule has 0 radical (unpaired) electrons. The number of amides is 2. The summed E-state index contributed by atoms with van der Waals surface area (Å²) in [5, 5.41) is 5.12. The van der Waals surface area contributed by atoms with Crippen molar-refractivity contribution in [2.45, 2.75) is 52.1 Å². The molecule has 2 aromatic rings. The van der Waals surface area contributed by atoms with Crippen molar-refractivity contribution in [2.75, 3.05) is 13.1 Å². The van der Waals surface area contributed by atoms with E-state index in [2.05, 4.69) is 44.1 Å². The molecule has 6 nitrogen and oxygen atoms in total. The minimum Gasteiger partial charge on any atom is -0.337 e. The zero-order chi connectivity index (χ0) is 21.6. The lowest BCUT2D eigenvalue weighted by Crippen LogP contribution is -2.39. The quantitative estimate of drug-likeness (QED) is 0.443. The van der Waals surface area contributed by atoms with E-state index in [9.17, 15) is 14.0 Å². The first-order chi connectivity index (χ1) is 14.3. The maximum atomic E-state index is 13.9. The van der Waals surface area contributed by atoms with Gasteiger partial charge in [0.15, 0.2) is 5.69 Å². The first kappa shape index (κ1) is 21.7. The first-order valence-electron chi connectivity index (χ1n) is 10.2. The molecule has 30 heavy (non-hydrogen) atoms. The standard InChI is InChI=1S/C21H25FIN4O2P/c1-3-14-15(4-5-17(22)20(14)30)13-6-8-25(9-7-13)21(29)19-16-10-26(12(2)28)11-18(16)27(23)24-19/h4-5,13H,3,6-11,30H2,1-2H3. The molecule has 1 unspecified atom stereocenters. The summed E-state index contributed by atoms with van der Waals surface area (Å²) in [6.45, 7) is 5.83. The molecule has 2 aliphatic heterocycles. The zero-order valence-electron chi connectivity index (χ0n) is 17.1. The molecule has 9 heteroatoms. The van der Waals surface area contributed by atoms with Crippen molar-refractivity contribution in [3.05, 3.63) is 46.0 Å². The van der Waals surface area contributed by atoms with Crippen LogP contribution in [0.3, 0.4) is 0 Å². The van der Waals surface area contributed by atoms with Crippen molar-refractivity contribution < 1.29 is 14.0 Å². The molecule has 1 aromatic heterocycles. The Bertz CT molecular complexity index is 1020. The fourth-order valence-electron chi connectivity index (χ4n) is 4.57. The van der Waals surface area contributed by atoms with Gasteiger partial charge < -0.3 is 9.80 Å². The molecule has 1 saturated heterocycles. The predicted molar refractivity (Wildman–Crippen MR) is 125 cm³/mol. The fraction of sp³-hybridized carbons (Fsp3) is 0.476. The van der Waals surface area contributed by atoms with Gasteiger partial charge in [-0.15, -0.1) is 9.24 Å². The van der Waals surface area contributed by atoms with Crippen molar-refractivity contribution in [1.82, 2.24) is 17.8 Å². The van der Waals surface area contributed by atoms with Crippen LogP contribution in [0.25, 0.3) is 0 Å². The Morgan fingerprint density at radius 1 is 1.23 bits per heavy atom. The summed E-state index contributed by atoms with van der Waals surface area (Å²) in [5.41, 5.74) is 4.52. The molecule has 0 saturated carbocycles. The van der Waals surface area contributed by atoms with Crippen LogP contribution in [0.4, 0.5) is 4.39 Å². The maximum Gasteiger partial charge on any atom is 0.274 e. The van der Waals surface area contributed by atoms with Crippen molar-refractivity contribution in [1.29, 1.82) is 0 Å². The summed E-state index contributed by atoms with van der Waals surface area (Å²) in [6, 6.07) is 3.45. The van der Waals surface area contributed by atoms with E-state index in [0.29, 0.717) is 43.1 Å². The minimum absolute atomic E-state index is 0.00120. The molecule has 0 aliphatic carbocycles. The molecule has 3 heterocycles. The number of hydrogen-bond donors (Lipinski definition) is 0. The molecule has 2 amide bonds. The Morgan fingerprint density at radius 2 is 1.93 bits per heavy atom. The van der Waals surface area contributed by atoms with Crippen LogP contribution < -0.4 is 5.30 Å². The van der Waals surface area contributed by atoms with Crippen molar-refractivity contribution >= 4 is 49.2 Å². The molecule has 160 valence electrons. The van der Waals surface area contributed by atoms with Gasteiger partial charge >= 0.3 is 0 Å². The van der Waals surface area contributed by atoms with Gasteiger partial charge in [-0.3, -0.25) is 9.59 Å². The number of rotatable bonds is 3. The van der Waals surface area contributed by atoms with Crippen molar-refractivity contribution in [2.24, 2.45) is 0 Å². The highest BCUT2D eigenvalue weighted by molar-refractivity contribution is 14.1. The number of benzene rings is 1. The van der Waals surface area contributed by atoms with E-state index >= 15 is 0 Å². The topological polar surface area (TPSA) is 58.4 Å². The Hall–Kier alpha value is -1.54. The number of likely N-dealkylation sites (tertiary alicyclic amines) is 1. The number of halogens is 2. The van der Waals surface area contributed by atoms with Gasteiger partial charge in [0.2, 0.25) is 5.91 Å². The fourth-order valence-corrected chi connectivity index (χ4v) is 5.70. The summed E-state index contributed by atoms with van der Waals surface area (Å²) in [5.74, 6) is 0.0781. The minimum atomic E-state index is -0.184. The summed E-state index contributed by atoms with van der Waals surface area (Å²) in [4.78, 5) is 28.5. The molecular weight excluding hydrogens is 517 g/mol. The number of piperidine rings is 1. The van der Waals surface area contributed by atoms with E-state index in [-0.39, 0.29) is 17.6 Å². The van der Waals surface area contributed by atoms with Crippen LogP contribution in [-0.4, -0.2) is 42.7 Å². The number of carbonyl (C=O) groups is 2. The zero-order valence-corrected chi connectivity index (χ0v) is 20.4. The van der Waals surface area contributed by atoms with Crippen LogP contribution in [0, 0.1) is 5.82 Å². The highest BCUT2D eigenvalue weighted by atomic mass is 127. The van der Waals surface area contributed by atoms with E-state index in [1.54, 1.807) is 20.8 Å². The van der Waals surface area contributed by atoms with Gasteiger partial charge in [0.05, 0.1) is 41.6 Å². The summed E-state index contributed by atoms with van der Waals surface area (Å²) in [6.07, 6.45) is 2.49. The van der Waals surface area contributed by atoms with Crippen LogP contribution in [0.1, 0.15) is 65.5 Å². The maximum absolute atomic E-state index is 13.9. The summed E-state index contributed by atoms with van der Waals surface area (Å²) < 4.78 is 15.6. The number of carbonyl (C=O) groups excluding carboxylic acids is 2. The van der Waals surface area contributed by atoms with E-state index in [1.165, 1.54) is 5.56 Å². The summed E-state index contributed by atoms with van der Waals surface area (Å²) in [7, 11) is 2.53. The number of fused-ring (bicyclic) bond motifs is 1. The van der Waals surface area contributed by atoms with Crippen LogP contribution in [0.2, 0.25) is 0 Å². The van der Waals surface area contributed by atoms with E-state index in [1.807, 2.05) is 11.0 Å². The van der Waals surface area contributed by atoms with Gasteiger partial charge in [-0.1, -0.05) is 13.0 Å². The van der Waals surface area contributed by atoms with Gasteiger partial charge in [0.25, 0.3) is 5.91 Å². The summed E-state index contributed by atoms with van der Waals surface area (Å²) >= 11 is 2.07. The highest BCUT2D eigenvalue weighted by Crippen LogP contribution is 2.33. The second-order valence-electron chi connectivity index (χ2n) is 7.96. The molecule has 4 rings (SSSR count). The monoisotopic (exact) mass is 542 g/mol. The van der Waals surface area contributed by atoms with Crippen LogP contribution in [0.5, 0.6) is 0 Å². The Morgan fingerprint density at radius 3 is 2.57 bits per heavy atom. The predicted octanol–water partition coefficient (Wildman–Crippen LogP) is 3.17. The van der Waals surface area contributed by atoms with Gasteiger partial charge in [-0.2, -0.15) is 5.10 Å². The third-order valence-corrected chi connectivity index (χ3v) is 7.72. The lowest BCUT2D eigenvalue weighted by molar-refractivity contribution is -0.129. The normalized spacial score (nSPS) is 16.8.